The Balaban J connectivity index is 2.64. The van der Waals surface area contributed by atoms with Crippen LogP contribution in [-0.2, 0) is 0 Å². The summed E-state index contributed by atoms with van der Waals surface area (Å²) in [6, 6.07) is 0.474. The third-order valence-corrected chi connectivity index (χ3v) is 3.49. The van der Waals surface area contributed by atoms with Crippen molar-refractivity contribution in [1.82, 2.24) is 14.7 Å². The minimum absolute atomic E-state index is 0.474. The van der Waals surface area contributed by atoms with E-state index in [1.165, 1.54) is 4.90 Å². The fraction of sp³-hybridized carbons (Fsp3) is 0.917. The molecule has 1 saturated heterocycles. The molecule has 1 fully saturated rings. The molecule has 0 aliphatic carbocycles. The van der Waals surface area contributed by atoms with E-state index in [1.807, 2.05) is 0 Å². The molecule has 0 aromatic carbocycles. The number of carboxylic acid groups (broad SMARTS) is 1. The summed E-state index contributed by atoms with van der Waals surface area (Å²) in [5, 5.41) is 9.12. The molecular formula is C12H25N3O2. The molecule has 0 unspecified atom stereocenters. The van der Waals surface area contributed by atoms with Crippen LogP contribution < -0.4 is 0 Å². The molecule has 1 aliphatic rings. The van der Waals surface area contributed by atoms with E-state index in [0.29, 0.717) is 19.1 Å². The van der Waals surface area contributed by atoms with Gasteiger partial charge in [0.25, 0.3) is 0 Å². The summed E-state index contributed by atoms with van der Waals surface area (Å²) in [6.45, 7) is 12.4. The van der Waals surface area contributed by atoms with Gasteiger partial charge in [0, 0.05) is 45.3 Å². The molecule has 0 bridgehead atoms. The lowest BCUT2D eigenvalue weighted by atomic mass is 10.3. The highest BCUT2D eigenvalue weighted by molar-refractivity contribution is 5.64. The smallest absolute Gasteiger partial charge is 0.407 e. The molecule has 0 spiro atoms. The summed E-state index contributed by atoms with van der Waals surface area (Å²) in [5.41, 5.74) is 0. The highest BCUT2D eigenvalue weighted by atomic mass is 16.4. The van der Waals surface area contributed by atoms with Crippen molar-refractivity contribution in [2.75, 3.05) is 45.8 Å². The SMILES string of the molecule is CCN1CCN(C(=O)O)CCN(C(C)C)CC1. The van der Waals surface area contributed by atoms with Crippen LogP contribution in [0, 0.1) is 0 Å². The van der Waals surface area contributed by atoms with Gasteiger partial charge < -0.3 is 14.9 Å². The third kappa shape index (κ3) is 4.52. The third-order valence-electron chi connectivity index (χ3n) is 3.49. The number of hydrogen-bond donors (Lipinski definition) is 1. The van der Waals surface area contributed by atoms with Crippen LogP contribution in [0.25, 0.3) is 0 Å². The highest BCUT2D eigenvalue weighted by Gasteiger charge is 2.19. The highest BCUT2D eigenvalue weighted by Crippen LogP contribution is 2.04. The Morgan fingerprint density at radius 1 is 1.12 bits per heavy atom. The van der Waals surface area contributed by atoms with Crippen molar-refractivity contribution in [3.05, 3.63) is 0 Å². The number of rotatable bonds is 2. The number of likely N-dealkylation sites (N-methyl/N-ethyl adjacent to an activating group) is 1. The van der Waals surface area contributed by atoms with Crippen molar-refractivity contribution in [3.8, 4) is 0 Å². The van der Waals surface area contributed by atoms with Crippen LogP contribution in [0.4, 0.5) is 4.79 Å². The first-order valence-electron chi connectivity index (χ1n) is 6.48. The van der Waals surface area contributed by atoms with E-state index in [9.17, 15) is 4.79 Å². The lowest BCUT2D eigenvalue weighted by molar-refractivity contribution is 0.134. The standard InChI is InChI=1S/C12H25N3O2/c1-4-13-5-7-14(11(2)3)9-10-15(8-6-13)12(16)17/h11H,4-10H2,1-3H3,(H,16,17). The van der Waals surface area contributed by atoms with Gasteiger partial charge in [-0.05, 0) is 20.4 Å². The van der Waals surface area contributed by atoms with Crippen LogP contribution >= 0.6 is 0 Å². The molecule has 1 rings (SSSR count). The van der Waals surface area contributed by atoms with E-state index in [1.54, 1.807) is 0 Å². The Morgan fingerprint density at radius 2 is 1.65 bits per heavy atom. The molecule has 1 N–H and O–H groups in total. The topological polar surface area (TPSA) is 47.0 Å². The number of nitrogens with zero attached hydrogens (tertiary/aromatic N) is 3. The predicted molar refractivity (Wildman–Crippen MR) is 68.4 cm³/mol. The monoisotopic (exact) mass is 243 g/mol. The van der Waals surface area contributed by atoms with E-state index >= 15 is 0 Å². The molecule has 100 valence electrons. The van der Waals surface area contributed by atoms with Crippen molar-refractivity contribution in [2.45, 2.75) is 26.8 Å². The summed E-state index contributed by atoms with van der Waals surface area (Å²) < 4.78 is 0. The van der Waals surface area contributed by atoms with Crippen molar-refractivity contribution in [2.24, 2.45) is 0 Å². The van der Waals surface area contributed by atoms with Crippen LogP contribution in [0.2, 0.25) is 0 Å². The molecule has 1 amide bonds. The molecule has 1 heterocycles. The maximum Gasteiger partial charge on any atom is 0.407 e. The van der Waals surface area contributed by atoms with Crippen LogP contribution in [0.3, 0.4) is 0 Å². The predicted octanol–water partition coefficient (Wildman–Crippen LogP) is 1.01. The van der Waals surface area contributed by atoms with Gasteiger partial charge in [0.1, 0.15) is 0 Å². The zero-order valence-electron chi connectivity index (χ0n) is 11.2. The molecule has 17 heavy (non-hydrogen) atoms. The van der Waals surface area contributed by atoms with Gasteiger partial charge in [-0.25, -0.2) is 4.79 Å². The quantitative estimate of drug-likeness (QED) is 0.786. The molecule has 5 heteroatoms. The second-order valence-corrected chi connectivity index (χ2v) is 4.83. The van der Waals surface area contributed by atoms with E-state index in [4.69, 9.17) is 5.11 Å². The Hall–Kier alpha value is -0.810. The first-order chi connectivity index (χ1) is 8.04. The summed E-state index contributed by atoms with van der Waals surface area (Å²) >= 11 is 0. The summed E-state index contributed by atoms with van der Waals surface area (Å²) in [4.78, 5) is 17.3. The van der Waals surface area contributed by atoms with Crippen molar-refractivity contribution >= 4 is 6.09 Å². The largest absolute Gasteiger partial charge is 0.465 e. The first kappa shape index (κ1) is 14.3. The molecule has 5 nitrogen and oxygen atoms in total. The molecule has 0 radical (unpaired) electrons. The average Bonchev–Trinajstić information content (AvgIpc) is 2.37. The second-order valence-electron chi connectivity index (χ2n) is 4.83. The van der Waals surface area contributed by atoms with Gasteiger partial charge in [0.15, 0.2) is 0 Å². The van der Waals surface area contributed by atoms with Gasteiger partial charge in [-0.2, -0.15) is 0 Å². The van der Waals surface area contributed by atoms with Gasteiger partial charge in [0.2, 0.25) is 0 Å². The van der Waals surface area contributed by atoms with Gasteiger partial charge in [-0.1, -0.05) is 6.92 Å². The van der Waals surface area contributed by atoms with Crippen molar-refractivity contribution in [3.63, 3.8) is 0 Å². The Labute approximate surface area is 104 Å². The van der Waals surface area contributed by atoms with Crippen LogP contribution in [0.5, 0.6) is 0 Å². The number of hydrogen-bond acceptors (Lipinski definition) is 3. The zero-order valence-corrected chi connectivity index (χ0v) is 11.2. The number of amides is 1. The minimum Gasteiger partial charge on any atom is -0.465 e. The van der Waals surface area contributed by atoms with E-state index in [0.717, 1.165) is 32.7 Å². The molecule has 0 saturated carbocycles. The fourth-order valence-corrected chi connectivity index (χ4v) is 2.14. The Morgan fingerprint density at radius 3 is 2.18 bits per heavy atom. The molecule has 0 aromatic rings. The molecular weight excluding hydrogens is 218 g/mol. The summed E-state index contributed by atoms with van der Waals surface area (Å²) in [7, 11) is 0. The lowest BCUT2D eigenvalue weighted by Gasteiger charge is -2.28. The minimum atomic E-state index is -0.799. The van der Waals surface area contributed by atoms with E-state index in [2.05, 4.69) is 30.6 Å². The van der Waals surface area contributed by atoms with Gasteiger partial charge in [-0.15, -0.1) is 0 Å². The van der Waals surface area contributed by atoms with Crippen LogP contribution in [0.1, 0.15) is 20.8 Å². The van der Waals surface area contributed by atoms with Crippen LogP contribution in [0.15, 0.2) is 0 Å². The molecule has 1 aliphatic heterocycles. The van der Waals surface area contributed by atoms with E-state index < -0.39 is 6.09 Å². The fourth-order valence-electron chi connectivity index (χ4n) is 2.14. The normalized spacial score (nSPS) is 21.1. The molecule has 0 atom stereocenters. The Kier molecular flexibility index (Phi) is 5.71. The van der Waals surface area contributed by atoms with Gasteiger partial charge in [-0.3, -0.25) is 4.90 Å². The summed E-state index contributed by atoms with van der Waals surface area (Å²) in [5.74, 6) is 0. The van der Waals surface area contributed by atoms with Crippen LogP contribution in [-0.4, -0.2) is 77.8 Å². The van der Waals surface area contributed by atoms with Gasteiger partial charge in [0.05, 0.1) is 0 Å². The maximum atomic E-state index is 11.1. The second kappa shape index (κ2) is 6.81. The Bertz CT molecular complexity index is 246. The molecule has 0 aromatic heterocycles. The van der Waals surface area contributed by atoms with Crippen molar-refractivity contribution < 1.29 is 9.90 Å². The average molecular weight is 243 g/mol. The van der Waals surface area contributed by atoms with Crippen molar-refractivity contribution in [1.29, 1.82) is 0 Å². The number of carbonyl (C=O) groups is 1. The van der Waals surface area contributed by atoms with E-state index in [-0.39, 0.29) is 0 Å². The maximum absolute atomic E-state index is 11.1. The summed E-state index contributed by atoms with van der Waals surface area (Å²) in [6.07, 6.45) is -0.799. The van der Waals surface area contributed by atoms with Gasteiger partial charge >= 0.3 is 6.09 Å². The zero-order chi connectivity index (χ0) is 12.8. The first-order valence-corrected chi connectivity index (χ1v) is 6.48. The lowest BCUT2D eigenvalue weighted by Crippen LogP contribution is -2.41.